The number of thiophene rings is 1. The highest BCUT2D eigenvalue weighted by Gasteiger charge is 2.01. The Morgan fingerprint density at radius 3 is 3.00 bits per heavy atom. The highest BCUT2D eigenvalue weighted by molar-refractivity contribution is 7.19. The summed E-state index contributed by atoms with van der Waals surface area (Å²) in [6.45, 7) is 4.08. The van der Waals surface area contributed by atoms with E-state index in [-0.39, 0.29) is 0 Å². The maximum absolute atomic E-state index is 5.92. The second kappa shape index (κ2) is 4.30. The molecule has 0 aliphatic rings. The van der Waals surface area contributed by atoms with Gasteiger partial charge in [-0.25, -0.2) is 0 Å². The van der Waals surface area contributed by atoms with Gasteiger partial charge in [0, 0.05) is 21.1 Å². The first-order chi connectivity index (χ1) is 6.79. The van der Waals surface area contributed by atoms with Gasteiger partial charge in [0.2, 0.25) is 0 Å². The first-order valence-electron chi connectivity index (χ1n) is 4.68. The van der Waals surface area contributed by atoms with Crippen LogP contribution in [0.4, 0.5) is 0 Å². The number of benzene rings is 1. The van der Waals surface area contributed by atoms with E-state index in [0.29, 0.717) is 0 Å². The molecule has 2 rings (SSSR count). The summed E-state index contributed by atoms with van der Waals surface area (Å²) in [6.07, 6.45) is 0. The molecule has 0 atom stereocenters. The van der Waals surface area contributed by atoms with Crippen molar-refractivity contribution < 1.29 is 0 Å². The van der Waals surface area contributed by atoms with Gasteiger partial charge in [0.15, 0.2) is 0 Å². The molecule has 0 aliphatic heterocycles. The first-order valence-corrected chi connectivity index (χ1v) is 5.87. The maximum atomic E-state index is 5.92. The van der Waals surface area contributed by atoms with Gasteiger partial charge in [-0.05, 0) is 30.1 Å². The zero-order valence-corrected chi connectivity index (χ0v) is 9.58. The van der Waals surface area contributed by atoms with Crippen LogP contribution in [0.2, 0.25) is 5.02 Å². The van der Waals surface area contributed by atoms with Crippen molar-refractivity contribution in [3.8, 4) is 0 Å². The zero-order valence-electron chi connectivity index (χ0n) is 8.01. The Kier molecular flexibility index (Phi) is 3.06. The van der Waals surface area contributed by atoms with Crippen LogP contribution in [0.25, 0.3) is 10.1 Å². The van der Waals surface area contributed by atoms with Gasteiger partial charge in [-0.15, -0.1) is 11.3 Å². The topological polar surface area (TPSA) is 12.0 Å². The Bertz CT molecular complexity index is 436. The lowest BCUT2D eigenvalue weighted by atomic mass is 10.2. The molecular formula is C11H12ClNS. The van der Waals surface area contributed by atoms with Crippen molar-refractivity contribution in [2.75, 3.05) is 6.54 Å². The minimum absolute atomic E-state index is 0.814. The number of nitrogens with one attached hydrogen (secondary N) is 1. The molecule has 14 heavy (non-hydrogen) atoms. The summed E-state index contributed by atoms with van der Waals surface area (Å²) in [4.78, 5) is 1.36. The standard InChI is InChI=1S/C11H12ClNS/c1-2-13-7-10-5-8-3-4-9(12)6-11(8)14-10/h3-6,13H,2,7H2,1H3. The molecule has 0 saturated heterocycles. The summed E-state index contributed by atoms with van der Waals surface area (Å²) in [5.74, 6) is 0. The van der Waals surface area contributed by atoms with E-state index in [9.17, 15) is 0 Å². The quantitative estimate of drug-likeness (QED) is 0.841. The third kappa shape index (κ3) is 2.08. The van der Waals surface area contributed by atoms with E-state index in [2.05, 4.69) is 24.4 Å². The molecule has 0 radical (unpaired) electrons. The Hall–Kier alpha value is -0.570. The normalized spacial score (nSPS) is 11.0. The summed E-state index contributed by atoms with van der Waals surface area (Å²) >= 11 is 7.73. The summed E-state index contributed by atoms with van der Waals surface area (Å²) in [7, 11) is 0. The average molecular weight is 226 g/mol. The Morgan fingerprint density at radius 1 is 1.36 bits per heavy atom. The van der Waals surface area contributed by atoms with Crippen LogP contribution in [0.3, 0.4) is 0 Å². The van der Waals surface area contributed by atoms with E-state index in [1.165, 1.54) is 15.0 Å². The Morgan fingerprint density at radius 2 is 2.21 bits per heavy atom. The zero-order chi connectivity index (χ0) is 9.97. The predicted molar refractivity (Wildman–Crippen MR) is 64.2 cm³/mol. The molecule has 1 aromatic carbocycles. The van der Waals surface area contributed by atoms with Crippen LogP contribution >= 0.6 is 22.9 Å². The molecule has 2 aromatic rings. The fourth-order valence-electron chi connectivity index (χ4n) is 1.40. The van der Waals surface area contributed by atoms with Crippen LogP contribution in [-0.2, 0) is 6.54 Å². The molecule has 1 heterocycles. The van der Waals surface area contributed by atoms with Gasteiger partial charge in [-0.3, -0.25) is 0 Å². The van der Waals surface area contributed by atoms with E-state index in [1.807, 2.05) is 12.1 Å². The molecule has 0 amide bonds. The van der Waals surface area contributed by atoms with Gasteiger partial charge in [-0.1, -0.05) is 24.6 Å². The molecule has 0 fully saturated rings. The van der Waals surface area contributed by atoms with Crippen molar-refractivity contribution in [2.45, 2.75) is 13.5 Å². The Balaban J connectivity index is 2.32. The lowest BCUT2D eigenvalue weighted by Crippen LogP contribution is -2.10. The molecule has 0 saturated carbocycles. The van der Waals surface area contributed by atoms with Crippen molar-refractivity contribution in [3.63, 3.8) is 0 Å². The van der Waals surface area contributed by atoms with Gasteiger partial charge in [0.1, 0.15) is 0 Å². The van der Waals surface area contributed by atoms with Gasteiger partial charge in [-0.2, -0.15) is 0 Å². The Labute approximate surface area is 92.7 Å². The SMILES string of the molecule is CCNCc1cc2ccc(Cl)cc2s1. The summed E-state index contributed by atoms with van der Waals surface area (Å²) < 4.78 is 1.27. The van der Waals surface area contributed by atoms with Crippen LogP contribution in [0.1, 0.15) is 11.8 Å². The van der Waals surface area contributed by atoms with E-state index < -0.39 is 0 Å². The summed E-state index contributed by atoms with van der Waals surface area (Å²) in [6, 6.07) is 8.26. The first kappa shape index (κ1) is 9.97. The van der Waals surface area contributed by atoms with Crippen molar-refractivity contribution in [1.82, 2.24) is 5.32 Å². The molecule has 3 heteroatoms. The predicted octanol–water partition coefficient (Wildman–Crippen LogP) is 3.66. The monoisotopic (exact) mass is 225 g/mol. The summed E-state index contributed by atoms with van der Waals surface area (Å²) in [5, 5.41) is 5.42. The lowest BCUT2D eigenvalue weighted by molar-refractivity contribution is 0.736. The average Bonchev–Trinajstić information content (AvgIpc) is 2.56. The third-order valence-electron chi connectivity index (χ3n) is 2.08. The second-order valence-electron chi connectivity index (χ2n) is 3.18. The van der Waals surface area contributed by atoms with Crippen LogP contribution < -0.4 is 5.32 Å². The van der Waals surface area contributed by atoms with Gasteiger partial charge < -0.3 is 5.32 Å². The number of rotatable bonds is 3. The molecule has 0 aliphatic carbocycles. The molecule has 1 nitrogen and oxygen atoms in total. The van der Waals surface area contributed by atoms with Crippen molar-refractivity contribution in [1.29, 1.82) is 0 Å². The minimum Gasteiger partial charge on any atom is -0.312 e. The number of hydrogen-bond acceptors (Lipinski definition) is 2. The largest absolute Gasteiger partial charge is 0.312 e. The van der Waals surface area contributed by atoms with E-state index in [4.69, 9.17) is 11.6 Å². The minimum atomic E-state index is 0.814. The molecule has 0 bridgehead atoms. The molecule has 0 unspecified atom stereocenters. The van der Waals surface area contributed by atoms with E-state index in [0.717, 1.165) is 18.1 Å². The fourth-order valence-corrected chi connectivity index (χ4v) is 2.71. The fraction of sp³-hybridized carbons (Fsp3) is 0.273. The summed E-state index contributed by atoms with van der Waals surface area (Å²) in [5.41, 5.74) is 0. The number of fused-ring (bicyclic) bond motifs is 1. The molecule has 0 spiro atoms. The van der Waals surface area contributed by atoms with E-state index >= 15 is 0 Å². The van der Waals surface area contributed by atoms with Crippen molar-refractivity contribution in [3.05, 3.63) is 34.2 Å². The molecule has 1 N–H and O–H groups in total. The van der Waals surface area contributed by atoms with E-state index in [1.54, 1.807) is 11.3 Å². The molecule has 74 valence electrons. The number of hydrogen-bond donors (Lipinski definition) is 1. The van der Waals surface area contributed by atoms with Crippen molar-refractivity contribution >= 4 is 33.0 Å². The second-order valence-corrected chi connectivity index (χ2v) is 4.78. The van der Waals surface area contributed by atoms with Gasteiger partial charge >= 0.3 is 0 Å². The highest BCUT2D eigenvalue weighted by atomic mass is 35.5. The van der Waals surface area contributed by atoms with Crippen LogP contribution in [0.15, 0.2) is 24.3 Å². The smallest absolute Gasteiger partial charge is 0.0420 e. The molecule has 1 aromatic heterocycles. The van der Waals surface area contributed by atoms with Gasteiger partial charge in [0.25, 0.3) is 0 Å². The number of halogens is 1. The van der Waals surface area contributed by atoms with Gasteiger partial charge in [0.05, 0.1) is 0 Å². The lowest BCUT2D eigenvalue weighted by Gasteiger charge is -1.95. The van der Waals surface area contributed by atoms with Crippen LogP contribution in [-0.4, -0.2) is 6.54 Å². The highest BCUT2D eigenvalue weighted by Crippen LogP contribution is 2.27. The third-order valence-corrected chi connectivity index (χ3v) is 3.42. The maximum Gasteiger partial charge on any atom is 0.0420 e. The van der Waals surface area contributed by atoms with Crippen molar-refractivity contribution in [2.24, 2.45) is 0 Å². The van der Waals surface area contributed by atoms with Crippen LogP contribution in [0, 0.1) is 0 Å². The molecular weight excluding hydrogens is 214 g/mol. The van der Waals surface area contributed by atoms with Crippen LogP contribution in [0.5, 0.6) is 0 Å².